The number of nitrogens with zero attached hydrogens (tertiary/aromatic N) is 1. The van der Waals surface area contributed by atoms with Crippen molar-refractivity contribution in [3.63, 3.8) is 0 Å². The van der Waals surface area contributed by atoms with Crippen LogP contribution in [0.2, 0.25) is 0 Å². The van der Waals surface area contributed by atoms with E-state index >= 15 is 0 Å². The third kappa shape index (κ3) is 3.50. The molecular formula is C16H22N2O3S. The minimum absolute atomic E-state index is 0.0623. The molecule has 1 heterocycles. The molecule has 1 aromatic carbocycles. The van der Waals surface area contributed by atoms with E-state index in [0.29, 0.717) is 11.5 Å². The lowest BCUT2D eigenvalue weighted by atomic mass is 9.99. The number of carbonyl (C=O) groups excluding carboxylic acids is 1. The molecule has 120 valence electrons. The van der Waals surface area contributed by atoms with Gasteiger partial charge in [-0.3, -0.25) is 4.79 Å². The standard InChI is InChI=1S/C16H22N2O3S/c1-12-4-3-9-18(11-12)16(19)13-5-2-6-15(10-13)22(20,21)17-14-7-8-14/h2,5-6,10,12,14,17H,3-4,7-9,11H2,1H3/t12-/m1/s1. The van der Waals surface area contributed by atoms with Crippen molar-refractivity contribution >= 4 is 15.9 Å². The zero-order valence-corrected chi connectivity index (χ0v) is 13.6. The monoisotopic (exact) mass is 322 g/mol. The number of nitrogens with one attached hydrogen (secondary N) is 1. The molecule has 1 aliphatic carbocycles. The van der Waals surface area contributed by atoms with Gasteiger partial charge in [-0.2, -0.15) is 0 Å². The van der Waals surface area contributed by atoms with Crippen molar-refractivity contribution in [2.75, 3.05) is 13.1 Å². The molecule has 0 bridgehead atoms. The Morgan fingerprint density at radius 2 is 2.05 bits per heavy atom. The van der Waals surface area contributed by atoms with E-state index in [4.69, 9.17) is 0 Å². The smallest absolute Gasteiger partial charge is 0.253 e. The maximum Gasteiger partial charge on any atom is 0.253 e. The first-order valence-electron chi connectivity index (χ1n) is 7.87. The highest BCUT2D eigenvalue weighted by Gasteiger charge is 2.29. The predicted octanol–water partition coefficient (Wildman–Crippen LogP) is 2.00. The van der Waals surface area contributed by atoms with Gasteiger partial charge in [0.2, 0.25) is 10.0 Å². The molecule has 3 rings (SSSR count). The average Bonchev–Trinajstić information content (AvgIpc) is 3.30. The fraction of sp³-hybridized carbons (Fsp3) is 0.562. The molecule has 22 heavy (non-hydrogen) atoms. The quantitative estimate of drug-likeness (QED) is 0.922. The second-order valence-corrected chi connectivity index (χ2v) is 8.14. The average molecular weight is 322 g/mol. The van der Waals surface area contributed by atoms with Crippen LogP contribution in [-0.2, 0) is 10.0 Å². The van der Waals surface area contributed by atoms with E-state index in [-0.39, 0.29) is 16.8 Å². The summed E-state index contributed by atoms with van der Waals surface area (Å²) < 4.78 is 27.1. The number of hydrogen-bond acceptors (Lipinski definition) is 3. The first-order chi connectivity index (χ1) is 10.5. The molecule has 0 unspecified atom stereocenters. The fourth-order valence-electron chi connectivity index (χ4n) is 2.84. The van der Waals surface area contributed by atoms with Crippen LogP contribution in [0.4, 0.5) is 0 Å². The summed E-state index contributed by atoms with van der Waals surface area (Å²) in [6.07, 6.45) is 3.94. The number of sulfonamides is 1. The maximum absolute atomic E-state index is 12.6. The van der Waals surface area contributed by atoms with Crippen molar-refractivity contribution in [3.8, 4) is 0 Å². The van der Waals surface area contributed by atoms with Gasteiger partial charge in [0.1, 0.15) is 0 Å². The Bertz CT molecular complexity index is 668. The number of hydrogen-bond donors (Lipinski definition) is 1. The number of piperidine rings is 1. The van der Waals surface area contributed by atoms with Crippen molar-refractivity contribution < 1.29 is 13.2 Å². The first-order valence-corrected chi connectivity index (χ1v) is 9.36. The Morgan fingerprint density at radius 1 is 1.27 bits per heavy atom. The molecule has 1 aromatic rings. The van der Waals surface area contributed by atoms with Crippen LogP contribution in [-0.4, -0.2) is 38.4 Å². The summed E-state index contributed by atoms with van der Waals surface area (Å²) in [5, 5.41) is 0. The molecule has 2 aliphatic rings. The lowest BCUT2D eigenvalue weighted by Crippen LogP contribution is -2.39. The van der Waals surface area contributed by atoms with Crippen LogP contribution in [0, 0.1) is 5.92 Å². The number of likely N-dealkylation sites (tertiary alicyclic amines) is 1. The summed E-state index contributed by atoms with van der Waals surface area (Å²) in [5.41, 5.74) is 0.452. The summed E-state index contributed by atoms with van der Waals surface area (Å²) in [7, 11) is -3.52. The summed E-state index contributed by atoms with van der Waals surface area (Å²) in [4.78, 5) is 14.6. The van der Waals surface area contributed by atoms with Gasteiger partial charge in [0, 0.05) is 24.7 Å². The molecular weight excluding hydrogens is 300 g/mol. The molecule has 5 nitrogen and oxygen atoms in total. The van der Waals surface area contributed by atoms with E-state index in [0.717, 1.165) is 38.8 Å². The van der Waals surface area contributed by atoms with Gasteiger partial charge < -0.3 is 4.90 Å². The van der Waals surface area contributed by atoms with Crippen LogP contribution in [0.25, 0.3) is 0 Å². The van der Waals surface area contributed by atoms with Crippen LogP contribution in [0.15, 0.2) is 29.2 Å². The Labute approximate surface area is 131 Å². The van der Waals surface area contributed by atoms with Crippen LogP contribution >= 0.6 is 0 Å². The normalized spacial score (nSPS) is 22.6. The van der Waals surface area contributed by atoms with Gasteiger partial charge in [-0.05, 0) is 49.8 Å². The first kappa shape index (κ1) is 15.5. The van der Waals surface area contributed by atoms with Crippen LogP contribution in [0.3, 0.4) is 0 Å². The van der Waals surface area contributed by atoms with Gasteiger partial charge >= 0.3 is 0 Å². The van der Waals surface area contributed by atoms with Crippen LogP contribution < -0.4 is 4.72 Å². The summed E-state index contributed by atoms with van der Waals surface area (Å²) in [6.45, 7) is 3.64. The molecule has 0 aromatic heterocycles. The molecule has 1 aliphatic heterocycles. The molecule has 0 radical (unpaired) electrons. The van der Waals surface area contributed by atoms with E-state index in [9.17, 15) is 13.2 Å². The minimum atomic E-state index is -3.52. The predicted molar refractivity (Wildman–Crippen MR) is 84.1 cm³/mol. The molecule has 1 atom stereocenters. The van der Waals surface area contributed by atoms with Crippen LogP contribution in [0.1, 0.15) is 43.0 Å². The van der Waals surface area contributed by atoms with Gasteiger partial charge in [0.25, 0.3) is 5.91 Å². The lowest BCUT2D eigenvalue weighted by molar-refractivity contribution is 0.0683. The third-order valence-electron chi connectivity index (χ3n) is 4.23. The van der Waals surface area contributed by atoms with Crippen molar-refractivity contribution in [3.05, 3.63) is 29.8 Å². The highest BCUT2D eigenvalue weighted by Crippen LogP contribution is 2.23. The molecule has 1 saturated heterocycles. The number of rotatable bonds is 4. The van der Waals surface area contributed by atoms with E-state index in [2.05, 4.69) is 11.6 Å². The topological polar surface area (TPSA) is 66.5 Å². The molecule has 0 spiro atoms. The Kier molecular flexibility index (Phi) is 4.23. The molecule has 1 saturated carbocycles. The fourth-order valence-corrected chi connectivity index (χ4v) is 4.19. The molecule has 1 amide bonds. The van der Waals surface area contributed by atoms with Gasteiger partial charge in [-0.15, -0.1) is 0 Å². The minimum Gasteiger partial charge on any atom is -0.338 e. The zero-order chi connectivity index (χ0) is 15.7. The van der Waals surface area contributed by atoms with Crippen molar-refractivity contribution in [2.45, 2.75) is 43.5 Å². The third-order valence-corrected chi connectivity index (χ3v) is 5.75. The summed E-state index contributed by atoms with van der Waals surface area (Å²) in [5.74, 6) is 0.427. The number of benzene rings is 1. The highest BCUT2D eigenvalue weighted by molar-refractivity contribution is 7.89. The van der Waals surface area contributed by atoms with Crippen LogP contribution in [0.5, 0.6) is 0 Å². The second kappa shape index (κ2) is 6.01. The van der Waals surface area contributed by atoms with E-state index in [1.54, 1.807) is 18.2 Å². The zero-order valence-electron chi connectivity index (χ0n) is 12.8. The Morgan fingerprint density at radius 3 is 2.73 bits per heavy atom. The van der Waals surface area contributed by atoms with Gasteiger partial charge in [0.15, 0.2) is 0 Å². The largest absolute Gasteiger partial charge is 0.338 e. The molecule has 2 fully saturated rings. The number of carbonyl (C=O) groups is 1. The Balaban J connectivity index is 1.79. The summed E-state index contributed by atoms with van der Waals surface area (Å²) in [6, 6.07) is 6.43. The van der Waals surface area contributed by atoms with Crippen molar-refractivity contribution in [1.82, 2.24) is 9.62 Å². The van der Waals surface area contributed by atoms with E-state index < -0.39 is 10.0 Å². The molecule has 6 heteroatoms. The maximum atomic E-state index is 12.6. The Hall–Kier alpha value is -1.40. The van der Waals surface area contributed by atoms with Crippen molar-refractivity contribution in [1.29, 1.82) is 0 Å². The van der Waals surface area contributed by atoms with Crippen molar-refractivity contribution in [2.24, 2.45) is 5.92 Å². The summed E-state index contributed by atoms with van der Waals surface area (Å²) >= 11 is 0. The van der Waals surface area contributed by atoms with Gasteiger partial charge in [-0.25, -0.2) is 13.1 Å². The van der Waals surface area contributed by atoms with E-state index in [1.807, 2.05) is 4.90 Å². The lowest BCUT2D eigenvalue weighted by Gasteiger charge is -2.31. The van der Waals surface area contributed by atoms with Gasteiger partial charge in [0.05, 0.1) is 4.90 Å². The molecule has 1 N–H and O–H groups in total. The van der Waals surface area contributed by atoms with Gasteiger partial charge in [-0.1, -0.05) is 13.0 Å². The SMILES string of the molecule is C[C@@H]1CCCN(C(=O)c2cccc(S(=O)(=O)NC3CC3)c2)C1. The highest BCUT2D eigenvalue weighted by atomic mass is 32.2. The number of amides is 1. The van der Waals surface area contributed by atoms with E-state index in [1.165, 1.54) is 6.07 Å². The second-order valence-electron chi connectivity index (χ2n) is 6.42.